The van der Waals surface area contributed by atoms with Crippen molar-refractivity contribution in [3.63, 3.8) is 0 Å². The van der Waals surface area contributed by atoms with E-state index in [1.54, 1.807) is 24.5 Å². The van der Waals surface area contributed by atoms with Gasteiger partial charge in [0.15, 0.2) is 5.82 Å². The summed E-state index contributed by atoms with van der Waals surface area (Å²) in [6, 6.07) is 12.0. The molecule has 7 heteroatoms. The average Bonchev–Trinajstić information content (AvgIpc) is 2.78. The summed E-state index contributed by atoms with van der Waals surface area (Å²) in [5.74, 6) is 1.11. The second kappa shape index (κ2) is 9.54. The van der Waals surface area contributed by atoms with Crippen LogP contribution in [0.15, 0.2) is 54.9 Å². The molecular weight excluding hydrogens is 369 g/mol. The van der Waals surface area contributed by atoms with Crippen molar-refractivity contribution < 1.29 is 9.13 Å². The second-order valence-electron chi connectivity index (χ2n) is 6.94. The number of hydrogen-bond donors (Lipinski definition) is 1. The molecule has 0 amide bonds. The molecule has 1 N–H and O–H groups in total. The first-order valence-electron chi connectivity index (χ1n) is 9.87. The molecule has 29 heavy (non-hydrogen) atoms. The molecule has 0 bridgehead atoms. The Hall–Kier alpha value is -2.90. The molecular formula is C22H24FN5O. The zero-order chi connectivity index (χ0) is 19.9. The molecule has 4 rings (SSSR count). The van der Waals surface area contributed by atoms with Gasteiger partial charge in [-0.3, -0.25) is 9.88 Å². The maximum absolute atomic E-state index is 13.3. The fraction of sp³-hybridized carbons (Fsp3) is 0.318. The molecule has 1 aromatic carbocycles. The molecule has 1 aliphatic heterocycles. The quantitative estimate of drug-likeness (QED) is 0.620. The van der Waals surface area contributed by atoms with Crippen LogP contribution in [0.3, 0.4) is 0 Å². The van der Waals surface area contributed by atoms with Crippen molar-refractivity contribution in [2.24, 2.45) is 0 Å². The highest BCUT2D eigenvalue weighted by Crippen LogP contribution is 2.24. The highest BCUT2D eigenvalue weighted by molar-refractivity contribution is 5.67. The van der Waals surface area contributed by atoms with Crippen LogP contribution in [0.1, 0.15) is 6.42 Å². The number of nitrogens with zero attached hydrogens (tertiary/aromatic N) is 4. The molecule has 1 fully saturated rings. The molecule has 0 radical (unpaired) electrons. The van der Waals surface area contributed by atoms with Crippen molar-refractivity contribution in [1.82, 2.24) is 19.9 Å². The molecule has 0 aliphatic carbocycles. The third-order valence-corrected chi connectivity index (χ3v) is 4.87. The Balaban J connectivity index is 1.50. The molecule has 0 unspecified atom stereocenters. The number of rotatable bonds is 7. The Labute approximate surface area is 169 Å². The van der Waals surface area contributed by atoms with Gasteiger partial charge in [0.1, 0.15) is 11.6 Å². The molecule has 150 valence electrons. The van der Waals surface area contributed by atoms with E-state index in [2.05, 4.69) is 25.2 Å². The first-order chi connectivity index (χ1) is 14.3. The van der Waals surface area contributed by atoms with Gasteiger partial charge in [-0.05, 0) is 49.4 Å². The summed E-state index contributed by atoms with van der Waals surface area (Å²) in [5.41, 5.74) is 2.49. The Morgan fingerprint density at radius 1 is 0.966 bits per heavy atom. The van der Waals surface area contributed by atoms with E-state index < -0.39 is 0 Å². The number of hydrogen-bond acceptors (Lipinski definition) is 6. The van der Waals surface area contributed by atoms with E-state index in [0.717, 1.165) is 68.5 Å². The van der Waals surface area contributed by atoms with Crippen LogP contribution in [0, 0.1) is 5.82 Å². The predicted molar refractivity (Wildman–Crippen MR) is 111 cm³/mol. The number of nitrogens with one attached hydrogen (secondary N) is 1. The molecule has 2 aromatic heterocycles. The van der Waals surface area contributed by atoms with E-state index >= 15 is 0 Å². The van der Waals surface area contributed by atoms with Crippen LogP contribution in [-0.2, 0) is 4.74 Å². The molecule has 6 nitrogen and oxygen atoms in total. The van der Waals surface area contributed by atoms with Crippen molar-refractivity contribution in [3.8, 4) is 22.6 Å². The average molecular weight is 393 g/mol. The maximum atomic E-state index is 13.3. The minimum absolute atomic E-state index is 0.265. The maximum Gasteiger partial charge on any atom is 0.162 e. The van der Waals surface area contributed by atoms with Gasteiger partial charge >= 0.3 is 0 Å². The highest BCUT2D eigenvalue weighted by Gasteiger charge is 2.11. The number of anilines is 1. The molecule has 0 saturated carbocycles. The largest absolute Gasteiger partial charge is 0.379 e. The standard InChI is InChI=1S/C22H24FN5O/c23-19-4-2-17(3-5-19)20-16-21(25-8-1-11-28-12-14-29-15-13-28)27-22(26-20)18-6-9-24-10-7-18/h2-7,9-10,16H,1,8,11-15H2,(H,25,26,27). The number of benzene rings is 1. The van der Waals surface area contributed by atoms with Crippen LogP contribution in [0.25, 0.3) is 22.6 Å². The summed E-state index contributed by atoms with van der Waals surface area (Å²) >= 11 is 0. The minimum Gasteiger partial charge on any atom is -0.379 e. The third-order valence-electron chi connectivity index (χ3n) is 4.87. The van der Waals surface area contributed by atoms with Gasteiger partial charge in [-0.15, -0.1) is 0 Å². The van der Waals surface area contributed by atoms with Crippen LogP contribution in [0.5, 0.6) is 0 Å². The van der Waals surface area contributed by atoms with Crippen LogP contribution < -0.4 is 5.32 Å². The second-order valence-corrected chi connectivity index (χ2v) is 6.94. The van der Waals surface area contributed by atoms with E-state index in [0.29, 0.717) is 5.82 Å². The smallest absolute Gasteiger partial charge is 0.162 e. The monoisotopic (exact) mass is 393 g/mol. The van der Waals surface area contributed by atoms with Gasteiger partial charge in [0.25, 0.3) is 0 Å². The molecule has 3 aromatic rings. The van der Waals surface area contributed by atoms with E-state index in [-0.39, 0.29) is 5.82 Å². The van der Waals surface area contributed by atoms with E-state index in [1.165, 1.54) is 12.1 Å². The number of halogens is 1. The SMILES string of the molecule is Fc1ccc(-c2cc(NCCCN3CCOCC3)nc(-c3ccncc3)n2)cc1. The number of ether oxygens (including phenoxy) is 1. The Bertz CT molecular complexity index is 914. The van der Waals surface area contributed by atoms with Crippen molar-refractivity contribution in [3.05, 3.63) is 60.7 Å². The fourth-order valence-electron chi connectivity index (χ4n) is 3.28. The molecule has 3 heterocycles. The van der Waals surface area contributed by atoms with Gasteiger partial charge in [0, 0.05) is 49.2 Å². The molecule has 1 aliphatic rings. The summed E-state index contributed by atoms with van der Waals surface area (Å²) in [6.07, 6.45) is 4.46. The third kappa shape index (κ3) is 5.34. The Kier molecular flexibility index (Phi) is 6.38. The van der Waals surface area contributed by atoms with Gasteiger partial charge < -0.3 is 10.1 Å². The highest BCUT2D eigenvalue weighted by atomic mass is 19.1. The lowest BCUT2D eigenvalue weighted by Crippen LogP contribution is -2.37. The van der Waals surface area contributed by atoms with Crippen molar-refractivity contribution in [1.29, 1.82) is 0 Å². The predicted octanol–water partition coefficient (Wildman–Crippen LogP) is 3.48. The van der Waals surface area contributed by atoms with Gasteiger partial charge in [0.2, 0.25) is 0 Å². The van der Waals surface area contributed by atoms with E-state index in [1.807, 2.05) is 18.2 Å². The van der Waals surface area contributed by atoms with Gasteiger partial charge in [-0.25, -0.2) is 14.4 Å². The lowest BCUT2D eigenvalue weighted by molar-refractivity contribution is 0.0378. The fourth-order valence-corrected chi connectivity index (χ4v) is 3.28. The Morgan fingerprint density at radius 3 is 2.48 bits per heavy atom. The summed E-state index contributed by atoms with van der Waals surface area (Å²) in [4.78, 5) is 15.8. The summed E-state index contributed by atoms with van der Waals surface area (Å²) in [7, 11) is 0. The molecule has 1 saturated heterocycles. The van der Waals surface area contributed by atoms with Crippen molar-refractivity contribution in [2.75, 3.05) is 44.7 Å². The van der Waals surface area contributed by atoms with Crippen LogP contribution in [0.4, 0.5) is 10.2 Å². The molecule has 0 atom stereocenters. The number of morpholine rings is 1. The zero-order valence-electron chi connectivity index (χ0n) is 16.2. The molecule has 0 spiro atoms. The number of pyridine rings is 1. The zero-order valence-corrected chi connectivity index (χ0v) is 16.2. The first kappa shape index (κ1) is 19.4. The van der Waals surface area contributed by atoms with Gasteiger partial charge in [-0.2, -0.15) is 0 Å². The first-order valence-corrected chi connectivity index (χ1v) is 9.87. The normalized spacial score (nSPS) is 14.7. The van der Waals surface area contributed by atoms with Gasteiger partial charge in [-0.1, -0.05) is 0 Å². The summed E-state index contributed by atoms with van der Waals surface area (Å²) in [6.45, 7) is 5.46. The summed E-state index contributed by atoms with van der Waals surface area (Å²) < 4.78 is 18.7. The topological polar surface area (TPSA) is 63.2 Å². The van der Waals surface area contributed by atoms with Gasteiger partial charge in [0.05, 0.1) is 18.9 Å². The minimum atomic E-state index is -0.265. The summed E-state index contributed by atoms with van der Waals surface area (Å²) in [5, 5.41) is 3.42. The van der Waals surface area contributed by atoms with Crippen LogP contribution in [-0.4, -0.2) is 59.2 Å². The van der Waals surface area contributed by atoms with Crippen LogP contribution >= 0.6 is 0 Å². The lowest BCUT2D eigenvalue weighted by Gasteiger charge is -2.26. The number of aromatic nitrogens is 3. The van der Waals surface area contributed by atoms with Crippen molar-refractivity contribution in [2.45, 2.75) is 6.42 Å². The van der Waals surface area contributed by atoms with Crippen LogP contribution in [0.2, 0.25) is 0 Å². The lowest BCUT2D eigenvalue weighted by atomic mass is 10.1. The van der Waals surface area contributed by atoms with E-state index in [9.17, 15) is 4.39 Å². The van der Waals surface area contributed by atoms with Crippen molar-refractivity contribution >= 4 is 5.82 Å². The Morgan fingerprint density at radius 2 is 1.72 bits per heavy atom. The van der Waals surface area contributed by atoms with E-state index in [4.69, 9.17) is 4.74 Å².